The van der Waals surface area contributed by atoms with Gasteiger partial charge in [-0.15, -0.1) is 0 Å². The number of alkyl halides is 3. The summed E-state index contributed by atoms with van der Waals surface area (Å²) < 4.78 is 55.5. The van der Waals surface area contributed by atoms with Gasteiger partial charge in [0.1, 0.15) is 35.7 Å². The highest BCUT2D eigenvalue weighted by Gasteiger charge is 2.45. The molecule has 9 nitrogen and oxygen atoms in total. The summed E-state index contributed by atoms with van der Waals surface area (Å²) in [6.07, 6.45) is -4.76. The monoisotopic (exact) mass is 644 g/mol. The predicted molar refractivity (Wildman–Crippen MR) is 162 cm³/mol. The lowest BCUT2D eigenvalue weighted by Gasteiger charge is -2.36. The molecule has 2 heterocycles. The summed E-state index contributed by atoms with van der Waals surface area (Å²) >= 11 is 6.22. The predicted octanol–water partition coefficient (Wildman–Crippen LogP) is 6.17. The number of halogens is 4. The Bertz CT molecular complexity index is 1580. The number of amidine groups is 1. The van der Waals surface area contributed by atoms with Crippen LogP contribution >= 0.6 is 11.6 Å². The van der Waals surface area contributed by atoms with Crippen LogP contribution in [0.4, 0.5) is 18.0 Å². The van der Waals surface area contributed by atoms with Crippen molar-refractivity contribution in [2.75, 3.05) is 33.4 Å². The van der Waals surface area contributed by atoms with E-state index in [9.17, 15) is 22.8 Å². The maximum Gasteiger partial charge on any atom is 0.422 e. The average molecular weight is 645 g/mol. The van der Waals surface area contributed by atoms with Crippen LogP contribution in [0, 0.1) is 0 Å². The molecule has 0 radical (unpaired) electrons. The fourth-order valence-corrected chi connectivity index (χ4v) is 5.39. The molecule has 3 aromatic rings. The summed E-state index contributed by atoms with van der Waals surface area (Å²) in [5.74, 6) is 0.904. The van der Waals surface area contributed by atoms with Crippen LogP contribution in [0.5, 0.6) is 17.2 Å². The van der Waals surface area contributed by atoms with Gasteiger partial charge in [0.25, 0.3) is 0 Å². The van der Waals surface area contributed by atoms with Gasteiger partial charge in [-0.1, -0.05) is 35.9 Å². The lowest BCUT2D eigenvalue weighted by molar-refractivity contribution is -0.153. The largest absolute Gasteiger partial charge is 0.497 e. The molecule has 0 aliphatic carbocycles. The van der Waals surface area contributed by atoms with Crippen molar-refractivity contribution in [2.24, 2.45) is 4.99 Å². The molecule has 0 saturated carbocycles. The molecule has 0 spiro atoms. The van der Waals surface area contributed by atoms with Crippen LogP contribution in [0.3, 0.4) is 0 Å². The first-order valence-electron chi connectivity index (χ1n) is 14.3. The van der Waals surface area contributed by atoms with E-state index in [1.165, 1.54) is 29.0 Å². The number of carbonyl (C=O) groups excluding carboxylic acids is 2. The number of aliphatic imine (C=N–C) groups is 1. The zero-order valence-corrected chi connectivity index (χ0v) is 25.6. The van der Waals surface area contributed by atoms with Crippen LogP contribution < -0.4 is 19.5 Å². The van der Waals surface area contributed by atoms with Crippen molar-refractivity contribution in [3.63, 3.8) is 0 Å². The number of methoxy groups -OCH3 is 1. The number of amides is 3. The van der Waals surface area contributed by atoms with Crippen molar-refractivity contribution in [3.8, 4) is 17.2 Å². The van der Waals surface area contributed by atoms with Gasteiger partial charge < -0.3 is 24.4 Å². The first-order chi connectivity index (χ1) is 21.4. The van der Waals surface area contributed by atoms with Crippen molar-refractivity contribution in [1.29, 1.82) is 0 Å². The Morgan fingerprint density at radius 2 is 1.82 bits per heavy atom. The van der Waals surface area contributed by atoms with E-state index in [-0.39, 0.29) is 43.2 Å². The normalized spacial score (nSPS) is 18.5. The van der Waals surface area contributed by atoms with E-state index < -0.39 is 30.9 Å². The summed E-state index contributed by atoms with van der Waals surface area (Å²) in [7, 11) is 1.53. The molecule has 0 aromatic heterocycles. The summed E-state index contributed by atoms with van der Waals surface area (Å²) in [6.45, 7) is 2.66. The van der Waals surface area contributed by atoms with E-state index in [4.69, 9.17) is 30.8 Å². The minimum atomic E-state index is -4.52. The van der Waals surface area contributed by atoms with Gasteiger partial charge in [-0.2, -0.15) is 13.2 Å². The number of urea groups is 1. The molecule has 0 unspecified atom stereocenters. The third-order valence-corrected chi connectivity index (χ3v) is 7.44. The maximum absolute atomic E-state index is 14.4. The first-order valence-corrected chi connectivity index (χ1v) is 14.6. The third kappa shape index (κ3) is 7.44. The number of carbonyl (C=O) groups is 2. The molecule has 1 fully saturated rings. The van der Waals surface area contributed by atoms with Gasteiger partial charge in [0.2, 0.25) is 5.91 Å². The summed E-state index contributed by atoms with van der Waals surface area (Å²) in [5, 5.41) is 3.21. The number of nitrogens with one attached hydrogen (secondary N) is 1. The maximum atomic E-state index is 14.4. The molecule has 238 valence electrons. The van der Waals surface area contributed by atoms with Crippen LogP contribution in [-0.4, -0.2) is 73.2 Å². The number of benzene rings is 3. The second-order valence-corrected chi connectivity index (χ2v) is 11.3. The van der Waals surface area contributed by atoms with Crippen LogP contribution in [0.25, 0.3) is 0 Å². The molecule has 45 heavy (non-hydrogen) atoms. The van der Waals surface area contributed by atoms with Gasteiger partial charge in [-0.25, -0.2) is 4.79 Å². The van der Waals surface area contributed by atoms with E-state index in [1.54, 1.807) is 54.6 Å². The summed E-state index contributed by atoms with van der Waals surface area (Å²) in [6, 6.07) is 16.3. The Balaban J connectivity index is 1.69. The van der Waals surface area contributed by atoms with Gasteiger partial charge in [0.15, 0.2) is 6.61 Å². The van der Waals surface area contributed by atoms with Gasteiger partial charge >= 0.3 is 12.2 Å². The van der Waals surface area contributed by atoms with E-state index in [2.05, 4.69) is 5.32 Å². The van der Waals surface area contributed by atoms with Crippen LogP contribution in [0.1, 0.15) is 42.6 Å². The van der Waals surface area contributed by atoms with E-state index in [0.29, 0.717) is 33.2 Å². The lowest BCUT2D eigenvalue weighted by Crippen LogP contribution is -2.55. The topological polar surface area (TPSA) is 92.7 Å². The highest BCUT2D eigenvalue weighted by atomic mass is 35.5. The van der Waals surface area contributed by atoms with Crippen molar-refractivity contribution in [1.82, 2.24) is 15.1 Å². The number of nitrogens with zero attached hydrogens (tertiary/aromatic N) is 3. The Labute approximate surface area is 263 Å². The summed E-state index contributed by atoms with van der Waals surface area (Å²) in [5.41, 5.74) is 1.67. The number of hydrogen-bond acceptors (Lipinski definition) is 6. The molecule has 1 saturated heterocycles. The Morgan fingerprint density at radius 3 is 2.49 bits per heavy atom. The van der Waals surface area contributed by atoms with Gasteiger partial charge in [-0.05, 0) is 61.4 Å². The number of piperazine rings is 1. The van der Waals surface area contributed by atoms with E-state index in [1.807, 2.05) is 13.8 Å². The Hall–Kier alpha value is -4.45. The third-order valence-electron chi connectivity index (χ3n) is 7.19. The number of rotatable bonds is 8. The van der Waals surface area contributed by atoms with Crippen LogP contribution in [0.15, 0.2) is 71.7 Å². The molecule has 2 aliphatic heterocycles. The molecule has 2 aliphatic rings. The van der Waals surface area contributed by atoms with Crippen molar-refractivity contribution in [3.05, 3.63) is 88.4 Å². The highest BCUT2D eigenvalue weighted by Crippen LogP contribution is 2.46. The zero-order valence-electron chi connectivity index (χ0n) is 24.8. The van der Waals surface area contributed by atoms with Gasteiger partial charge in [-0.3, -0.25) is 14.7 Å². The van der Waals surface area contributed by atoms with Crippen molar-refractivity contribution < 1.29 is 37.0 Å². The second-order valence-electron chi connectivity index (χ2n) is 10.8. The Morgan fingerprint density at radius 1 is 1.07 bits per heavy atom. The molecular formula is C32H32ClF3N4O5. The highest BCUT2D eigenvalue weighted by molar-refractivity contribution is 6.30. The van der Waals surface area contributed by atoms with Crippen molar-refractivity contribution >= 4 is 29.4 Å². The van der Waals surface area contributed by atoms with Crippen molar-refractivity contribution in [2.45, 2.75) is 38.2 Å². The van der Waals surface area contributed by atoms with E-state index in [0.717, 1.165) is 0 Å². The number of ether oxygens (including phenoxy) is 3. The minimum Gasteiger partial charge on any atom is -0.497 e. The fraction of sp³-hybridized carbons (Fsp3) is 0.344. The summed E-state index contributed by atoms with van der Waals surface area (Å²) in [4.78, 5) is 34.8. The molecule has 13 heteroatoms. The molecular weight excluding hydrogens is 613 g/mol. The first kappa shape index (κ1) is 32.0. The van der Waals surface area contributed by atoms with Gasteiger partial charge in [0.05, 0.1) is 24.8 Å². The molecule has 0 bridgehead atoms. The van der Waals surface area contributed by atoms with Gasteiger partial charge in [0, 0.05) is 24.2 Å². The zero-order chi connectivity index (χ0) is 32.3. The lowest BCUT2D eigenvalue weighted by atomic mass is 9.93. The quantitative estimate of drug-likeness (QED) is 0.317. The standard InChI is InChI=1S/C32H32ClF3N4O5/c1-19(2)45-26-16-23(43-3)11-12-25(26)30-38-28(21-5-4-6-24(15-21)44-18-32(34,35)36)29(20-7-9-22(33)10-8-20)40(30)31(42)39-14-13-37-27(41)17-39/h4-12,15-16,19,28-29H,13-14,17-18H2,1-3H3,(H,37,41)/t28-,29+/m0/s1. The molecule has 2 atom stereocenters. The smallest absolute Gasteiger partial charge is 0.422 e. The second kappa shape index (κ2) is 13.3. The molecule has 1 N–H and O–H groups in total. The molecule has 3 aromatic carbocycles. The Kier molecular flexibility index (Phi) is 9.42. The number of hydrogen-bond donors (Lipinski definition) is 1. The molecule has 5 rings (SSSR count). The SMILES string of the molecule is COc1ccc(C2=N[C@@H](c3cccc(OCC(F)(F)F)c3)[C@@H](c3ccc(Cl)cc3)N2C(=O)N2CCNC(=O)C2)c(OC(C)C)c1. The van der Waals surface area contributed by atoms with E-state index >= 15 is 0 Å². The van der Waals surface area contributed by atoms with Crippen LogP contribution in [0.2, 0.25) is 5.02 Å². The molecule has 3 amide bonds. The minimum absolute atomic E-state index is 0.00202. The average Bonchev–Trinajstić information content (AvgIpc) is 3.40. The fourth-order valence-electron chi connectivity index (χ4n) is 5.27. The van der Waals surface area contributed by atoms with Crippen LogP contribution in [-0.2, 0) is 4.79 Å².